The van der Waals surface area contributed by atoms with Gasteiger partial charge in [-0.25, -0.2) is 0 Å². The van der Waals surface area contributed by atoms with Crippen LogP contribution in [0.2, 0.25) is 0 Å². The number of nitrogens with one attached hydrogen (secondary N) is 1. The number of amides is 2. The average Bonchev–Trinajstić information content (AvgIpc) is 2.68. The first-order chi connectivity index (χ1) is 13.4. The zero-order chi connectivity index (χ0) is 20.5. The van der Waals surface area contributed by atoms with Crippen LogP contribution < -0.4 is 11.1 Å². The van der Waals surface area contributed by atoms with E-state index in [0.717, 1.165) is 17.8 Å². The van der Waals surface area contributed by atoms with Crippen molar-refractivity contribution in [1.29, 1.82) is 0 Å². The third kappa shape index (κ3) is 6.11. The molecule has 0 aliphatic rings. The standard InChI is InChI=1S/C20H28N6O2/c1-15-17(7-11-26(19(27)14-21)13-12-25(2)3)18(6-10-23-15)20(28)24-16-4-8-22-9-5-16/h4-6,8-10H,7,11-14,21H2,1-3H3,(H,22,24,28). The fourth-order valence-electron chi connectivity index (χ4n) is 2.82. The summed E-state index contributed by atoms with van der Waals surface area (Å²) in [6.07, 6.45) is 5.39. The van der Waals surface area contributed by atoms with Gasteiger partial charge in [0.05, 0.1) is 6.54 Å². The molecule has 0 fully saturated rings. The molecule has 2 aromatic rings. The maximum Gasteiger partial charge on any atom is 0.256 e. The van der Waals surface area contributed by atoms with Crippen LogP contribution in [-0.4, -0.2) is 71.9 Å². The van der Waals surface area contributed by atoms with Crippen LogP contribution in [-0.2, 0) is 11.2 Å². The number of nitrogens with zero attached hydrogens (tertiary/aromatic N) is 4. The molecule has 0 unspecified atom stereocenters. The second-order valence-corrected chi connectivity index (χ2v) is 6.75. The SMILES string of the molecule is Cc1nccc(C(=O)Nc2ccncc2)c1CCN(CCN(C)C)C(=O)CN. The van der Waals surface area contributed by atoms with Gasteiger partial charge in [-0.3, -0.25) is 19.6 Å². The van der Waals surface area contributed by atoms with Crippen molar-refractivity contribution in [3.63, 3.8) is 0 Å². The molecule has 2 rings (SSSR count). The highest BCUT2D eigenvalue weighted by molar-refractivity contribution is 6.05. The van der Waals surface area contributed by atoms with Crippen molar-refractivity contribution < 1.29 is 9.59 Å². The molecule has 0 bridgehead atoms. The number of pyridine rings is 2. The zero-order valence-electron chi connectivity index (χ0n) is 16.7. The summed E-state index contributed by atoms with van der Waals surface area (Å²) >= 11 is 0. The molecule has 3 N–H and O–H groups in total. The molecule has 0 atom stereocenters. The monoisotopic (exact) mass is 384 g/mol. The zero-order valence-corrected chi connectivity index (χ0v) is 16.7. The van der Waals surface area contributed by atoms with E-state index in [2.05, 4.69) is 15.3 Å². The van der Waals surface area contributed by atoms with Crippen LogP contribution in [0.15, 0.2) is 36.8 Å². The number of anilines is 1. The van der Waals surface area contributed by atoms with Crippen LogP contribution in [0.25, 0.3) is 0 Å². The Bertz CT molecular complexity index is 795. The molecule has 150 valence electrons. The number of carbonyl (C=O) groups is 2. The van der Waals surface area contributed by atoms with Crippen LogP contribution in [0.4, 0.5) is 5.69 Å². The summed E-state index contributed by atoms with van der Waals surface area (Å²) < 4.78 is 0. The highest BCUT2D eigenvalue weighted by atomic mass is 16.2. The lowest BCUT2D eigenvalue weighted by molar-refractivity contribution is -0.129. The Morgan fingerprint density at radius 1 is 1.07 bits per heavy atom. The lowest BCUT2D eigenvalue weighted by Crippen LogP contribution is -2.41. The lowest BCUT2D eigenvalue weighted by atomic mass is 10.0. The fraction of sp³-hybridized carbons (Fsp3) is 0.400. The molecule has 8 nitrogen and oxygen atoms in total. The summed E-state index contributed by atoms with van der Waals surface area (Å²) in [6.45, 7) is 3.64. The van der Waals surface area contributed by atoms with E-state index in [-0.39, 0.29) is 18.4 Å². The summed E-state index contributed by atoms with van der Waals surface area (Å²) in [5.74, 6) is -0.317. The molecular formula is C20H28N6O2. The smallest absolute Gasteiger partial charge is 0.256 e. The molecule has 0 aromatic carbocycles. The Balaban J connectivity index is 2.15. The van der Waals surface area contributed by atoms with E-state index in [1.165, 1.54) is 0 Å². The number of aryl methyl sites for hydroxylation is 1. The fourth-order valence-corrected chi connectivity index (χ4v) is 2.82. The Morgan fingerprint density at radius 2 is 1.79 bits per heavy atom. The Labute approximate surface area is 165 Å². The number of hydrogen-bond donors (Lipinski definition) is 2. The molecule has 0 aliphatic carbocycles. The number of carbonyl (C=O) groups excluding carboxylic acids is 2. The molecule has 0 radical (unpaired) electrons. The van der Waals surface area contributed by atoms with Gasteiger partial charge >= 0.3 is 0 Å². The predicted molar refractivity (Wildman–Crippen MR) is 109 cm³/mol. The molecule has 8 heteroatoms. The van der Waals surface area contributed by atoms with Crippen molar-refractivity contribution in [2.75, 3.05) is 45.6 Å². The van der Waals surface area contributed by atoms with Gasteiger partial charge < -0.3 is 20.9 Å². The average molecular weight is 384 g/mol. The van der Waals surface area contributed by atoms with E-state index in [1.54, 1.807) is 41.7 Å². The third-order valence-corrected chi connectivity index (χ3v) is 4.43. The molecule has 28 heavy (non-hydrogen) atoms. The lowest BCUT2D eigenvalue weighted by Gasteiger charge is -2.24. The first-order valence-electron chi connectivity index (χ1n) is 9.20. The summed E-state index contributed by atoms with van der Waals surface area (Å²) in [7, 11) is 3.91. The molecule has 0 spiro atoms. The van der Waals surface area contributed by atoms with Crippen molar-refractivity contribution in [3.8, 4) is 0 Å². The maximum atomic E-state index is 12.8. The normalized spacial score (nSPS) is 10.8. The van der Waals surface area contributed by atoms with Crippen molar-refractivity contribution >= 4 is 17.5 Å². The number of aromatic nitrogens is 2. The van der Waals surface area contributed by atoms with Gasteiger partial charge in [0.2, 0.25) is 5.91 Å². The number of nitrogens with two attached hydrogens (primary N) is 1. The number of rotatable bonds is 9. The van der Waals surface area contributed by atoms with E-state index >= 15 is 0 Å². The molecule has 0 saturated heterocycles. The Kier molecular flexibility index (Phi) is 8.03. The van der Waals surface area contributed by atoms with E-state index in [4.69, 9.17) is 5.73 Å². The second-order valence-electron chi connectivity index (χ2n) is 6.75. The van der Waals surface area contributed by atoms with Crippen molar-refractivity contribution in [1.82, 2.24) is 19.8 Å². The quantitative estimate of drug-likeness (QED) is 0.666. The van der Waals surface area contributed by atoms with Gasteiger partial charge in [-0.15, -0.1) is 0 Å². The molecule has 0 aliphatic heterocycles. The minimum atomic E-state index is -0.211. The van der Waals surface area contributed by atoms with Gasteiger partial charge in [-0.2, -0.15) is 0 Å². The second kappa shape index (κ2) is 10.5. The molecule has 2 aromatic heterocycles. The van der Waals surface area contributed by atoms with Crippen LogP contribution in [0.1, 0.15) is 21.6 Å². The summed E-state index contributed by atoms with van der Waals surface area (Å²) in [6, 6.07) is 5.16. The molecule has 0 saturated carbocycles. The largest absolute Gasteiger partial charge is 0.340 e. The third-order valence-electron chi connectivity index (χ3n) is 4.43. The van der Waals surface area contributed by atoms with Crippen molar-refractivity contribution in [2.24, 2.45) is 5.73 Å². The minimum Gasteiger partial charge on any atom is -0.340 e. The van der Waals surface area contributed by atoms with Gasteiger partial charge in [0.15, 0.2) is 0 Å². The van der Waals surface area contributed by atoms with Crippen LogP contribution >= 0.6 is 0 Å². The van der Waals surface area contributed by atoms with Gasteiger partial charge in [0, 0.05) is 55.2 Å². The molecule has 2 amide bonds. The van der Waals surface area contributed by atoms with Gasteiger partial charge in [-0.1, -0.05) is 0 Å². The van der Waals surface area contributed by atoms with Crippen molar-refractivity contribution in [3.05, 3.63) is 53.6 Å². The van der Waals surface area contributed by atoms with Crippen LogP contribution in [0.5, 0.6) is 0 Å². The highest BCUT2D eigenvalue weighted by Gasteiger charge is 2.17. The Hall–Kier alpha value is -2.84. The number of likely N-dealkylation sites (N-methyl/N-ethyl adjacent to an activating group) is 1. The highest BCUT2D eigenvalue weighted by Crippen LogP contribution is 2.16. The Morgan fingerprint density at radius 3 is 2.43 bits per heavy atom. The minimum absolute atomic E-state index is 0.0329. The summed E-state index contributed by atoms with van der Waals surface area (Å²) in [5.41, 5.74) is 8.38. The first kappa shape index (κ1) is 21.5. The van der Waals surface area contributed by atoms with E-state index < -0.39 is 0 Å². The van der Waals surface area contributed by atoms with Gasteiger partial charge in [0.25, 0.3) is 5.91 Å². The van der Waals surface area contributed by atoms with Crippen LogP contribution in [0, 0.1) is 6.92 Å². The number of hydrogen-bond acceptors (Lipinski definition) is 6. The van der Waals surface area contributed by atoms with Crippen LogP contribution in [0.3, 0.4) is 0 Å². The van der Waals surface area contributed by atoms with Gasteiger partial charge in [-0.05, 0) is 51.2 Å². The molecular weight excluding hydrogens is 356 g/mol. The first-order valence-corrected chi connectivity index (χ1v) is 9.20. The van der Waals surface area contributed by atoms with E-state index in [0.29, 0.717) is 30.8 Å². The van der Waals surface area contributed by atoms with Gasteiger partial charge in [0.1, 0.15) is 0 Å². The van der Waals surface area contributed by atoms with E-state index in [9.17, 15) is 9.59 Å². The topological polar surface area (TPSA) is 104 Å². The predicted octanol–water partition coefficient (Wildman–Crippen LogP) is 0.929. The van der Waals surface area contributed by atoms with Crippen molar-refractivity contribution in [2.45, 2.75) is 13.3 Å². The van der Waals surface area contributed by atoms with E-state index in [1.807, 2.05) is 25.9 Å². The molecule has 2 heterocycles. The summed E-state index contributed by atoms with van der Waals surface area (Å²) in [4.78, 5) is 37.0. The summed E-state index contributed by atoms with van der Waals surface area (Å²) in [5, 5.41) is 2.87. The maximum absolute atomic E-state index is 12.8.